The minimum absolute atomic E-state index is 0.0459. The van der Waals surface area contributed by atoms with Crippen molar-refractivity contribution in [2.24, 2.45) is 0 Å². The zero-order valence-electron chi connectivity index (χ0n) is 7.82. The van der Waals surface area contributed by atoms with E-state index in [0.29, 0.717) is 6.04 Å². The van der Waals surface area contributed by atoms with Gasteiger partial charge in [-0.15, -0.1) is 0 Å². The molecule has 13 heavy (non-hydrogen) atoms. The van der Waals surface area contributed by atoms with Crippen LogP contribution in [0.1, 0.15) is 17.8 Å². The first kappa shape index (κ1) is 8.72. The monoisotopic (exact) mass is 181 g/mol. The van der Waals surface area contributed by atoms with Gasteiger partial charge in [-0.3, -0.25) is 4.68 Å². The molecule has 0 saturated carbocycles. The summed E-state index contributed by atoms with van der Waals surface area (Å²) in [5, 5.41) is 16.5. The molecule has 0 fully saturated rings. The predicted octanol–water partition coefficient (Wildman–Crippen LogP) is -0.0904. The van der Waals surface area contributed by atoms with Crippen molar-refractivity contribution in [2.45, 2.75) is 32.0 Å². The van der Waals surface area contributed by atoms with Gasteiger partial charge in [0.2, 0.25) is 0 Å². The Morgan fingerprint density at radius 1 is 1.77 bits per heavy atom. The van der Waals surface area contributed by atoms with Gasteiger partial charge in [-0.05, 0) is 26.0 Å². The maximum absolute atomic E-state index is 8.92. The average molecular weight is 181 g/mol. The van der Waals surface area contributed by atoms with Crippen molar-refractivity contribution < 1.29 is 5.11 Å². The van der Waals surface area contributed by atoms with Gasteiger partial charge in [-0.25, -0.2) is 0 Å². The summed E-state index contributed by atoms with van der Waals surface area (Å²) in [6, 6.07) is 2.52. The quantitative estimate of drug-likeness (QED) is 0.670. The Labute approximate surface area is 77.6 Å². The largest absolute Gasteiger partial charge is 0.390 e. The molecule has 0 saturated heterocycles. The number of hydrogen-bond donors (Lipinski definition) is 2. The average Bonchev–Trinajstić information content (AvgIpc) is 2.58. The highest BCUT2D eigenvalue weighted by Gasteiger charge is 2.18. The lowest BCUT2D eigenvalue weighted by molar-refractivity contribution is 0.274. The third-order valence-corrected chi connectivity index (χ3v) is 2.63. The summed E-state index contributed by atoms with van der Waals surface area (Å²) in [5.41, 5.74) is 2.03. The molecule has 0 aliphatic carbocycles. The molecule has 0 radical (unpaired) electrons. The fourth-order valence-electron chi connectivity index (χ4n) is 1.81. The number of nitrogens with one attached hydrogen (secondary N) is 1. The van der Waals surface area contributed by atoms with E-state index < -0.39 is 0 Å². The molecule has 1 aliphatic heterocycles. The van der Waals surface area contributed by atoms with Crippen molar-refractivity contribution in [1.82, 2.24) is 15.1 Å². The van der Waals surface area contributed by atoms with E-state index in [1.807, 2.05) is 17.8 Å². The Bertz CT molecular complexity index is 295. The van der Waals surface area contributed by atoms with Crippen LogP contribution >= 0.6 is 0 Å². The number of aliphatic hydroxyl groups is 1. The van der Waals surface area contributed by atoms with Gasteiger partial charge in [0.1, 0.15) is 0 Å². The van der Waals surface area contributed by atoms with Gasteiger partial charge in [0.05, 0.1) is 18.8 Å². The lowest BCUT2D eigenvalue weighted by atomic mass is 10.1. The van der Waals surface area contributed by atoms with Crippen LogP contribution in [0.25, 0.3) is 0 Å². The molecule has 0 unspecified atom stereocenters. The summed E-state index contributed by atoms with van der Waals surface area (Å²) < 4.78 is 2.00. The van der Waals surface area contributed by atoms with Crippen LogP contribution in [0.2, 0.25) is 0 Å². The number of aromatic nitrogens is 2. The fourth-order valence-corrected chi connectivity index (χ4v) is 1.81. The Balaban J connectivity index is 2.19. The molecule has 1 aromatic heterocycles. The van der Waals surface area contributed by atoms with Crippen LogP contribution in [-0.2, 0) is 19.6 Å². The molecule has 2 N–H and O–H groups in total. The topological polar surface area (TPSA) is 50.1 Å². The molecule has 1 atom stereocenters. The van der Waals surface area contributed by atoms with Crippen molar-refractivity contribution in [3.8, 4) is 0 Å². The van der Waals surface area contributed by atoms with Crippen molar-refractivity contribution in [3.05, 3.63) is 17.5 Å². The van der Waals surface area contributed by atoms with Crippen LogP contribution in [0.4, 0.5) is 0 Å². The number of nitrogens with zero attached hydrogens (tertiary/aromatic N) is 2. The molecule has 4 heteroatoms. The fraction of sp³-hybridized carbons (Fsp3) is 0.667. The summed E-state index contributed by atoms with van der Waals surface area (Å²) in [6.45, 7) is 0.968. The Morgan fingerprint density at radius 2 is 2.62 bits per heavy atom. The highest BCUT2D eigenvalue weighted by atomic mass is 16.3. The predicted molar refractivity (Wildman–Crippen MR) is 49.3 cm³/mol. The molecular weight excluding hydrogens is 166 g/mol. The van der Waals surface area contributed by atoms with Crippen LogP contribution < -0.4 is 5.32 Å². The highest BCUT2D eigenvalue weighted by Crippen LogP contribution is 2.15. The van der Waals surface area contributed by atoms with Crippen molar-refractivity contribution >= 4 is 0 Å². The third-order valence-electron chi connectivity index (χ3n) is 2.63. The van der Waals surface area contributed by atoms with Gasteiger partial charge < -0.3 is 10.4 Å². The van der Waals surface area contributed by atoms with Gasteiger partial charge in [-0.1, -0.05) is 0 Å². The minimum atomic E-state index is 0.0459. The summed E-state index contributed by atoms with van der Waals surface area (Å²) >= 11 is 0. The van der Waals surface area contributed by atoms with E-state index in [0.717, 1.165) is 25.1 Å². The second-order valence-electron chi connectivity index (χ2n) is 3.49. The number of aryl methyl sites for hydroxylation is 1. The van der Waals surface area contributed by atoms with Crippen molar-refractivity contribution in [2.75, 3.05) is 7.05 Å². The van der Waals surface area contributed by atoms with Crippen molar-refractivity contribution in [3.63, 3.8) is 0 Å². The highest BCUT2D eigenvalue weighted by molar-refractivity contribution is 5.12. The van der Waals surface area contributed by atoms with E-state index in [1.54, 1.807) is 0 Å². The zero-order valence-corrected chi connectivity index (χ0v) is 7.82. The van der Waals surface area contributed by atoms with E-state index in [-0.39, 0.29) is 6.61 Å². The number of fused-ring (bicyclic) bond motifs is 1. The summed E-state index contributed by atoms with van der Waals surface area (Å²) in [6.07, 6.45) is 2.21. The lowest BCUT2D eigenvalue weighted by Gasteiger charge is -2.22. The molecular formula is C9H15N3O. The smallest absolute Gasteiger partial charge is 0.0881 e. The number of aliphatic hydroxyl groups excluding tert-OH is 1. The molecule has 0 bridgehead atoms. The van der Waals surface area contributed by atoms with E-state index in [9.17, 15) is 0 Å². The molecule has 1 aromatic rings. The van der Waals surface area contributed by atoms with Crippen LogP contribution in [0.3, 0.4) is 0 Å². The molecule has 2 heterocycles. The standard InChI is InChI=1S/C9H15N3O/c1-10-7-2-3-9-4-8(6-13)11-12(9)5-7/h4,7,10,13H,2-3,5-6H2,1H3/t7-/m1/s1. The molecule has 1 aliphatic rings. The molecule has 72 valence electrons. The van der Waals surface area contributed by atoms with Gasteiger partial charge in [0, 0.05) is 11.7 Å². The molecule has 4 nitrogen and oxygen atoms in total. The Morgan fingerprint density at radius 3 is 3.31 bits per heavy atom. The summed E-state index contributed by atoms with van der Waals surface area (Å²) in [5.74, 6) is 0. The minimum Gasteiger partial charge on any atom is -0.390 e. The normalized spacial score (nSPS) is 21.5. The van der Waals surface area contributed by atoms with Crippen molar-refractivity contribution in [1.29, 1.82) is 0 Å². The molecule has 2 rings (SSSR count). The van der Waals surface area contributed by atoms with Crippen LogP contribution in [0.5, 0.6) is 0 Å². The molecule has 0 spiro atoms. The van der Waals surface area contributed by atoms with Gasteiger partial charge in [-0.2, -0.15) is 5.10 Å². The second-order valence-corrected chi connectivity index (χ2v) is 3.49. The van der Waals surface area contributed by atoms with Crippen LogP contribution in [0, 0.1) is 0 Å². The first-order chi connectivity index (χ1) is 6.33. The summed E-state index contributed by atoms with van der Waals surface area (Å²) in [7, 11) is 1.98. The van der Waals surface area contributed by atoms with Gasteiger partial charge in [0.25, 0.3) is 0 Å². The third kappa shape index (κ3) is 1.59. The van der Waals surface area contributed by atoms with E-state index >= 15 is 0 Å². The van der Waals surface area contributed by atoms with E-state index in [2.05, 4.69) is 10.4 Å². The number of rotatable bonds is 2. The lowest BCUT2D eigenvalue weighted by Crippen LogP contribution is -2.35. The SMILES string of the molecule is CN[C@@H]1CCc2cc(CO)nn2C1. The maximum atomic E-state index is 8.92. The summed E-state index contributed by atoms with van der Waals surface area (Å²) in [4.78, 5) is 0. The maximum Gasteiger partial charge on any atom is 0.0881 e. The van der Waals surface area contributed by atoms with Gasteiger partial charge in [0.15, 0.2) is 0 Å². The first-order valence-corrected chi connectivity index (χ1v) is 4.67. The molecule has 0 amide bonds. The van der Waals surface area contributed by atoms with E-state index in [4.69, 9.17) is 5.11 Å². The van der Waals surface area contributed by atoms with Crippen LogP contribution in [0.15, 0.2) is 6.07 Å². The van der Waals surface area contributed by atoms with E-state index in [1.165, 1.54) is 5.69 Å². The number of hydrogen-bond acceptors (Lipinski definition) is 3. The van der Waals surface area contributed by atoms with Gasteiger partial charge >= 0.3 is 0 Å². The first-order valence-electron chi connectivity index (χ1n) is 4.67. The number of likely N-dealkylation sites (N-methyl/N-ethyl adjacent to an activating group) is 1. The Hall–Kier alpha value is -0.870. The Kier molecular flexibility index (Phi) is 2.33. The second kappa shape index (κ2) is 3.47. The molecule has 0 aromatic carbocycles. The van der Waals surface area contributed by atoms with Crippen LogP contribution in [-0.4, -0.2) is 28.0 Å². The zero-order chi connectivity index (χ0) is 9.26.